The van der Waals surface area contributed by atoms with Gasteiger partial charge in [0.1, 0.15) is 6.10 Å². The molecule has 0 aromatic heterocycles. The molecule has 0 heterocycles. The Balaban J connectivity index is 1.12. The Morgan fingerprint density at radius 2 is 1.53 bits per heavy atom. The average molecular weight is 653 g/mol. The first-order valence-electron chi connectivity index (χ1n) is 21.2. The van der Waals surface area contributed by atoms with E-state index in [0.29, 0.717) is 17.3 Å². The van der Waals surface area contributed by atoms with Crippen molar-refractivity contribution in [3.05, 3.63) is 23.8 Å². The van der Waals surface area contributed by atoms with E-state index in [9.17, 15) is 4.79 Å². The Kier molecular flexibility index (Phi) is 16.0. The zero-order valence-electron chi connectivity index (χ0n) is 32.3. The molecular weight excluding hydrogens is 574 g/mol. The van der Waals surface area contributed by atoms with Crippen molar-refractivity contribution in [3.63, 3.8) is 0 Å². The normalized spacial score (nSPS) is 32.6. The van der Waals surface area contributed by atoms with Crippen molar-refractivity contribution >= 4 is 5.97 Å². The minimum Gasteiger partial charge on any atom is -0.462 e. The number of esters is 1. The van der Waals surface area contributed by atoms with Gasteiger partial charge in [0.15, 0.2) is 0 Å². The minimum absolute atomic E-state index is 0.0541. The molecule has 2 nitrogen and oxygen atoms in total. The SMILES string of the molecule is CCCCCCCCC=CCCCCCCCC(=O)O[14CH]1CC[C@@]2(C)C(=CC[C@H]3[C@@H]4CC[C@H]([C@H](C)CCCC(C)C)[C@@]4(C)CC[C@@H]32)C1. The number of ether oxygens (including phenoxy) is 1. The van der Waals surface area contributed by atoms with E-state index in [1.54, 1.807) is 5.57 Å². The third-order valence-corrected chi connectivity index (χ3v) is 14.2. The van der Waals surface area contributed by atoms with Crippen molar-refractivity contribution in [2.24, 2.45) is 46.3 Å². The fraction of sp³-hybridized carbons (Fsp3) is 0.889. The number of hydrogen-bond acceptors (Lipinski definition) is 2. The summed E-state index contributed by atoms with van der Waals surface area (Å²) >= 11 is 0. The molecule has 0 saturated heterocycles. The first-order chi connectivity index (χ1) is 22.7. The summed E-state index contributed by atoms with van der Waals surface area (Å²) in [6, 6.07) is 0. The lowest BCUT2D eigenvalue weighted by atomic mass is 9.48. The van der Waals surface area contributed by atoms with E-state index in [-0.39, 0.29) is 12.1 Å². The Morgan fingerprint density at radius 1 is 0.851 bits per heavy atom. The number of unbranched alkanes of at least 4 members (excludes halogenated alkanes) is 11. The highest BCUT2D eigenvalue weighted by Gasteiger charge is 2.59. The fourth-order valence-corrected chi connectivity index (χ4v) is 11.3. The molecule has 0 bridgehead atoms. The molecular formula is C45H78O2. The number of carbonyl (C=O) groups excluding carboxylic acids is 1. The van der Waals surface area contributed by atoms with Crippen molar-refractivity contribution in [1.82, 2.24) is 0 Å². The van der Waals surface area contributed by atoms with Crippen molar-refractivity contribution < 1.29 is 9.53 Å². The smallest absolute Gasteiger partial charge is 0.306 e. The molecule has 0 aromatic carbocycles. The van der Waals surface area contributed by atoms with Gasteiger partial charge >= 0.3 is 5.97 Å². The molecule has 47 heavy (non-hydrogen) atoms. The van der Waals surface area contributed by atoms with Gasteiger partial charge in [0.2, 0.25) is 0 Å². The molecule has 8 atom stereocenters. The predicted octanol–water partition coefficient (Wildman–Crippen LogP) is 14.0. The van der Waals surface area contributed by atoms with Crippen LogP contribution in [0, 0.1) is 46.3 Å². The van der Waals surface area contributed by atoms with Crippen LogP contribution in [0.15, 0.2) is 23.8 Å². The maximum absolute atomic E-state index is 12.8. The Labute approximate surface area is 293 Å². The van der Waals surface area contributed by atoms with E-state index in [4.69, 9.17) is 4.74 Å². The zero-order chi connectivity index (χ0) is 33.7. The van der Waals surface area contributed by atoms with E-state index in [0.717, 1.165) is 61.2 Å². The van der Waals surface area contributed by atoms with Crippen LogP contribution in [-0.2, 0) is 9.53 Å². The number of rotatable bonds is 21. The largest absolute Gasteiger partial charge is 0.462 e. The number of hydrogen-bond donors (Lipinski definition) is 0. The first kappa shape index (κ1) is 38.7. The van der Waals surface area contributed by atoms with E-state index in [2.05, 4.69) is 59.8 Å². The van der Waals surface area contributed by atoms with Crippen LogP contribution in [0.25, 0.3) is 0 Å². The highest BCUT2D eigenvalue weighted by atomic mass is 16.7. The van der Waals surface area contributed by atoms with Crippen LogP contribution in [-0.4, -0.2) is 12.1 Å². The molecule has 0 N–H and O–H groups in total. The molecule has 4 aliphatic rings. The van der Waals surface area contributed by atoms with Crippen LogP contribution >= 0.6 is 0 Å². The predicted molar refractivity (Wildman–Crippen MR) is 202 cm³/mol. The lowest BCUT2D eigenvalue weighted by molar-refractivity contribution is -0.151. The van der Waals surface area contributed by atoms with Gasteiger partial charge in [-0.05, 0) is 123 Å². The Hall–Kier alpha value is -1.05. The lowest BCUT2D eigenvalue weighted by Gasteiger charge is -2.58. The van der Waals surface area contributed by atoms with Crippen molar-refractivity contribution in [2.45, 2.75) is 208 Å². The van der Waals surface area contributed by atoms with Crippen LogP contribution < -0.4 is 0 Å². The van der Waals surface area contributed by atoms with Crippen LogP contribution in [0.4, 0.5) is 0 Å². The third-order valence-electron chi connectivity index (χ3n) is 14.2. The van der Waals surface area contributed by atoms with Crippen LogP contribution in [0.2, 0.25) is 0 Å². The molecule has 4 aliphatic carbocycles. The molecule has 0 radical (unpaired) electrons. The van der Waals surface area contributed by atoms with E-state index < -0.39 is 0 Å². The van der Waals surface area contributed by atoms with Gasteiger partial charge in [0.25, 0.3) is 0 Å². The molecule has 3 fully saturated rings. The second-order valence-electron chi connectivity index (χ2n) is 18.0. The second-order valence-corrected chi connectivity index (χ2v) is 18.0. The van der Waals surface area contributed by atoms with Crippen molar-refractivity contribution in [1.29, 1.82) is 0 Å². The first-order valence-corrected chi connectivity index (χ1v) is 21.2. The summed E-state index contributed by atoms with van der Waals surface area (Å²) < 4.78 is 6.12. The van der Waals surface area contributed by atoms with E-state index in [1.807, 2.05) is 0 Å². The van der Waals surface area contributed by atoms with E-state index >= 15 is 0 Å². The molecule has 1 unspecified atom stereocenters. The van der Waals surface area contributed by atoms with Crippen molar-refractivity contribution in [3.8, 4) is 0 Å². The summed E-state index contributed by atoms with van der Waals surface area (Å²) in [7, 11) is 0. The van der Waals surface area contributed by atoms with Gasteiger partial charge in [-0.15, -0.1) is 0 Å². The third kappa shape index (κ3) is 10.7. The molecule has 0 aromatic rings. The maximum Gasteiger partial charge on any atom is 0.306 e. The monoisotopic (exact) mass is 653 g/mol. The highest BCUT2D eigenvalue weighted by Crippen LogP contribution is 2.67. The van der Waals surface area contributed by atoms with E-state index in [1.165, 1.54) is 128 Å². The van der Waals surface area contributed by atoms with Gasteiger partial charge in [-0.1, -0.05) is 136 Å². The van der Waals surface area contributed by atoms with Crippen molar-refractivity contribution in [2.75, 3.05) is 0 Å². The topological polar surface area (TPSA) is 26.3 Å². The van der Waals surface area contributed by atoms with Crippen LogP contribution in [0.3, 0.4) is 0 Å². The van der Waals surface area contributed by atoms with Crippen LogP contribution in [0.1, 0.15) is 202 Å². The van der Waals surface area contributed by atoms with Gasteiger partial charge in [0.05, 0.1) is 0 Å². The maximum atomic E-state index is 12.8. The molecule has 0 spiro atoms. The standard InChI is InChI=1S/C45H78O2/c1-7-8-9-10-11-12-13-14-15-16-17-18-19-20-21-25-43(46)47-38-30-32-44(5)37(34-38)26-27-39-41-29-28-40(36(4)24-22-23-35(2)3)45(41,6)33-31-42(39)44/h14-15,26,35-36,38-42H,7-13,16-25,27-34H2,1-6H3/t36-,38?,39+,40-,41+,42+,44+,45-/m1/s1/i38+2. The summed E-state index contributed by atoms with van der Waals surface area (Å²) in [6.45, 7) is 14.9. The summed E-state index contributed by atoms with van der Waals surface area (Å²) in [5, 5.41) is 0. The molecule has 3 saturated carbocycles. The number of fused-ring (bicyclic) bond motifs is 5. The molecule has 270 valence electrons. The number of allylic oxidation sites excluding steroid dienone is 3. The summed E-state index contributed by atoms with van der Waals surface area (Å²) in [5.74, 6) is 5.31. The summed E-state index contributed by atoms with van der Waals surface area (Å²) in [4.78, 5) is 12.8. The van der Waals surface area contributed by atoms with Gasteiger partial charge in [0, 0.05) is 12.8 Å². The second kappa shape index (κ2) is 19.4. The zero-order valence-corrected chi connectivity index (χ0v) is 32.3. The van der Waals surface area contributed by atoms with Gasteiger partial charge < -0.3 is 4.74 Å². The Bertz CT molecular complexity index is 976. The summed E-state index contributed by atoms with van der Waals surface area (Å²) in [5.41, 5.74) is 2.53. The molecule has 4 rings (SSSR count). The minimum atomic E-state index is 0.0541. The lowest BCUT2D eigenvalue weighted by Crippen LogP contribution is -2.51. The highest BCUT2D eigenvalue weighted by molar-refractivity contribution is 5.69. The fourth-order valence-electron chi connectivity index (χ4n) is 11.3. The van der Waals surface area contributed by atoms with Gasteiger partial charge in [-0.3, -0.25) is 4.79 Å². The van der Waals surface area contributed by atoms with Crippen LogP contribution in [0.5, 0.6) is 0 Å². The molecule has 0 amide bonds. The quantitative estimate of drug-likeness (QED) is 0.0700. The molecule has 2 heteroatoms. The summed E-state index contributed by atoms with van der Waals surface area (Å²) in [6.07, 6.45) is 39.5. The van der Waals surface area contributed by atoms with Gasteiger partial charge in [-0.2, -0.15) is 0 Å². The molecule has 0 aliphatic heterocycles. The average Bonchev–Trinajstić information content (AvgIpc) is 3.40. The van der Waals surface area contributed by atoms with Gasteiger partial charge in [-0.25, -0.2) is 0 Å². The Morgan fingerprint density at radius 3 is 2.23 bits per heavy atom. The number of carbonyl (C=O) groups is 1.